The number of fused-ring (bicyclic) bond motifs is 1. The van der Waals surface area contributed by atoms with Crippen LogP contribution in [-0.4, -0.2) is 36.0 Å². The molecular weight excluding hydrogens is 277 g/mol. The highest BCUT2D eigenvalue weighted by atomic mass is 19.1. The number of benzene rings is 1. The average Bonchev–Trinajstić information content (AvgIpc) is 3.04. The highest BCUT2D eigenvalue weighted by molar-refractivity contribution is 5.92. The predicted octanol–water partition coefficient (Wildman–Crippen LogP) is 2.35. The van der Waals surface area contributed by atoms with Crippen molar-refractivity contribution < 1.29 is 23.1 Å². The molecule has 1 atom stereocenters. The van der Waals surface area contributed by atoms with Crippen LogP contribution in [0.4, 0.5) is 4.39 Å². The van der Waals surface area contributed by atoms with Crippen molar-refractivity contribution in [3.05, 3.63) is 35.8 Å². The molecule has 0 radical (unpaired) electrons. The van der Waals surface area contributed by atoms with Gasteiger partial charge in [-0.3, -0.25) is 4.79 Å². The number of ether oxygens (including phenoxy) is 1. The first-order chi connectivity index (χ1) is 10.0. The van der Waals surface area contributed by atoms with Crippen LogP contribution in [-0.2, 0) is 9.53 Å². The molecule has 3 rings (SSSR count). The summed E-state index contributed by atoms with van der Waals surface area (Å²) in [5.74, 6) is -0.984. The van der Waals surface area contributed by atoms with Crippen LogP contribution in [0.15, 0.2) is 28.7 Å². The van der Waals surface area contributed by atoms with E-state index in [9.17, 15) is 14.0 Å². The average molecular weight is 291 g/mol. The Labute approximate surface area is 120 Å². The maximum Gasteiger partial charge on any atom is 0.374 e. The van der Waals surface area contributed by atoms with Crippen molar-refractivity contribution in [3.63, 3.8) is 0 Å². The zero-order valence-corrected chi connectivity index (χ0v) is 11.5. The number of esters is 1. The first-order valence-electron chi connectivity index (χ1n) is 6.68. The number of hydrogen-bond donors (Lipinski definition) is 0. The smallest absolute Gasteiger partial charge is 0.374 e. The number of likely N-dealkylation sites (tertiary alicyclic amines) is 1. The van der Waals surface area contributed by atoms with E-state index in [1.807, 2.05) is 0 Å². The number of rotatable bonds is 2. The quantitative estimate of drug-likeness (QED) is 0.797. The van der Waals surface area contributed by atoms with Gasteiger partial charge in [-0.2, -0.15) is 0 Å². The molecule has 0 saturated carbocycles. The van der Waals surface area contributed by atoms with Gasteiger partial charge in [0.1, 0.15) is 17.5 Å². The third-order valence-corrected chi connectivity index (χ3v) is 3.54. The van der Waals surface area contributed by atoms with Crippen LogP contribution in [0.2, 0.25) is 0 Å². The van der Waals surface area contributed by atoms with Crippen LogP contribution in [0.3, 0.4) is 0 Å². The van der Waals surface area contributed by atoms with Gasteiger partial charge in [-0.15, -0.1) is 0 Å². The third-order valence-electron chi connectivity index (χ3n) is 3.54. The molecule has 1 aromatic carbocycles. The summed E-state index contributed by atoms with van der Waals surface area (Å²) in [4.78, 5) is 24.9. The lowest BCUT2D eigenvalue weighted by molar-refractivity contribution is -0.128. The van der Waals surface area contributed by atoms with Crippen molar-refractivity contribution in [3.8, 4) is 0 Å². The van der Waals surface area contributed by atoms with Crippen molar-refractivity contribution >= 4 is 22.8 Å². The van der Waals surface area contributed by atoms with Crippen LogP contribution < -0.4 is 0 Å². The van der Waals surface area contributed by atoms with Crippen LogP contribution in [0.25, 0.3) is 11.0 Å². The molecule has 1 fully saturated rings. The van der Waals surface area contributed by atoms with Crippen molar-refractivity contribution in [2.24, 2.45) is 0 Å². The van der Waals surface area contributed by atoms with Gasteiger partial charge in [0.15, 0.2) is 0 Å². The summed E-state index contributed by atoms with van der Waals surface area (Å²) in [7, 11) is 0. The van der Waals surface area contributed by atoms with Crippen LogP contribution >= 0.6 is 0 Å². The number of hydrogen-bond acceptors (Lipinski definition) is 4. The monoisotopic (exact) mass is 291 g/mol. The van der Waals surface area contributed by atoms with E-state index < -0.39 is 11.8 Å². The Morgan fingerprint density at radius 2 is 2.19 bits per heavy atom. The lowest BCUT2D eigenvalue weighted by atomic mass is 10.2. The van der Waals surface area contributed by atoms with Crippen LogP contribution in [0, 0.1) is 5.82 Å². The number of amides is 1. The van der Waals surface area contributed by atoms with Crippen molar-refractivity contribution in [2.75, 3.05) is 13.1 Å². The molecule has 0 N–H and O–H groups in total. The van der Waals surface area contributed by atoms with E-state index >= 15 is 0 Å². The first-order valence-corrected chi connectivity index (χ1v) is 6.68. The third kappa shape index (κ3) is 2.74. The normalized spacial score (nSPS) is 18.2. The van der Waals surface area contributed by atoms with Crippen molar-refractivity contribution in [1.29, 1.82) is 0 Å². The lowest BCUT2D eigenvalue weighted by Gasteiger charge is -2.13. The van der Waals surface area contributed by atoms with E-state index in [1.165, 1.54) is 31.2 Å². The van der Waals surface area contributed by atoms with E-state index in [0.29, 0.717) is 30.5 Å². The number of carbonyl (C=O) groups is 2. The molecule has 2 aromatic rings. The fraction of sp³-hybridized carbons (Fsp3) is 0.333. The number of carbonyl (C=O) groups excluding carboxylic acids is 2. The Morgan fingerprint density at radius 3 is 2.90 bits per heavy atom. The highest BCUT2D eigenvalue weighted by Crippen LogP contribution is 2.22. The maximum atomic E-state index is 13.1. The Bertz CT molecular complexity index is 709. The van der Waals surface area contributed by atoms with Gasteiger partial charge >= 0.3 is 5.97 Å². The molecule has 2 heterocycles. The van der Waals surface area contributed by atoms with Gasteiger partial charge in [-0.05, 0) is 24.3 Å². The molecule has 1 aliphatic rings. The Morgan fingerprint density at radius 1 is 1.38 bits per heavy atom. The highest BCUT2D eigenvalue weighted by Gasteiger charge is 2.28. The van der Waals surface area contributed by atoms with Crippen LogP contribution in [0.5, 0.6) is 0 Å². The minimum atomic E-state index is -0.595. The number of nitrogens with zero attached hydrogens (tertiary/aromatic N) is 1. The van der Waals surface area contributed by atoms with Gasteiger partial charge in [0.2, 0.25) is 11.7 Å². The molecule has 5 nitrogen and oxygen atoms in total. The Kier molecular flexibility index (Phi) is 3.37. The predicted molar refractivity (Wildman–Crippen MR) is 72.2 cm³/mol. The van der Waals surface area contributed by atoms with Crippen LogP contribution in [0.1, 0.15) is 23.9 Å². The Balaban J connectivity index is 1.71. The standard InChI is InChI=1S/C15H14FNO4/c1-9(18)17-5-4-12(8-17)20-15(19)14-7-10-6-11(16)2-3-13(10)21-14/h2-3,6-7,12H,4-5,8H2,1H3/t12-/m0/s1. The summed E-state index contributed by atoms with van der Waals surface area (Å²) in [6, 6.07) is 5.48. The minimum Gasteiger partial charge on any atom is -0.455 e. The maximum absolute atomic E-state index is 13.1. The van der Waals surface area contributed by atoms with Gasteiger partial charge in [0.25, 0.3) is 0 Å². The zero-order chi connectivity index (χ0) is 15.0. The van der Waals surface area contributed by atoms with E-state index in [1.54, 1.807) is 4.90 Å². The summed E-state index contributed by atoms with van der Waals surface area (Å²) in [6.45, 7) is 2.46. The fourth-order valence-corrected chi connectivity index (χ4v) is 2.43. The molecule has 6 heteroatoms. The largest absolute Gasteiger partial charge is 0.455 e. The summed E-state index contributed by atoms with van der Waals surface area (Å²) in [5, 5.41) is 0.513. The van der Waals surface area contributed by atoms with Gasteiger partial charge < -0.3 is 14.1 Å². The topological polar surface area (TPSA) is 59.8 Å². The van der Waals surface area contributed by atoms with Gasteiger partial charge in [-0.25, -0.2) is 9.18 Å². The molecule has 0 aliphatic carbocycles. The molecule has 110 valence electrons. The number of furan rings is 1. The summed E-state index contributed by atoms with van der Waals surface area (Å²) in [5.41, 5.74) is 0.431. The van der Waals surface area contributed by atoms with Gasteiger partial charge in [0, 0.05) is 25.3 Å². The second kappa shape index (κ2) is 5.20. The molecule has 1 aliphatic heterocycles. The van der Waals surface area contributed by atoms with Crippen molar-refractivity contribution in [1.82, 2.24) is 4.90 Å². The first kappa shape index (κ1) is 13.6. The molecule has 0 unspecified atom stereocenters. The molecule has 21 heavy (non-hydrogen) atoms. The zero-order valence-electron chi connectivity index (χ0n) is 11.5. The van der Waals surface area contributed by atoms with E-state index in [0.717, 1.165) is 0 Å². The second-order valence-electron chi connectivity index (χ2n) is 5.07. The van der Waals surface area contributed by atoms with Crippen molar-refractivity contribution in [2.45, 2.75) is 19.4 Å². The second-order valence-corrected chi connectivity index (χ2v) is 5.07. The molecule has 0 spiro atoms. The van der Waals surface area contributed by atoms with Gasteiger partial charge in [-0.1, -0.05) is 0 Å². The summed E-state index contributed by atoms with van der Waals surface area (Å²) >= 11 is 0. The molecule has 1 aromatic heterocycles. The minimum absolute atomic E-state index is 0.0345. The van der Waals surface area contributed by atoms with E-state index in [-0.39, 0.29) is 17.8 Å². The summed E-state index contributed by atoms with van der Waals surface area (Å²) in [6.07, 6.45) is 0.284. The molecule has 1 amide bonds. The number of halogens is 1. The van der Waals surface area contributed by atoms with Gasteiger partial charge in [0.05, 0.1) is 6.54 Å². The van der Waals surface area contributed by atoms with E-state index in [4.69, 9.17) is 9.15 Å². The summed E-state index contributed by atoms with van der Waals surface area (Å²) < 4.78 is 23.8. The SMILES string of the molecule is CC(=O)N1CC[C@H](OC(=O)c2cc3cc(F)ccc3o2)C1. The lowest BCUT2D eigenvalue weighted by Crippen LogP contribution is -2.28. The molecular formula is C15H14FNO4. The molecule has 0 bridgehead atoms. The van der Waals surface area contributed by atoms with E-state index in [2.05, 4.69) is 0 Å². The molecule has 1 saturated heterocycles. The Hall–Kier alpha value is -2.37. The fourth-order valence-electron chi connectivity index (χ4n) is 2.43.